The first-order chi connectivity index (χ1) is 9.72. The number of nitrogens with one attached hydrogen (secondary N) is 2. The van der Waals surface area contributed by atoms with Gasteiger partial charge in [-0.2, -0.15) is 0 Å². The molecular weight excluding hydrogens is 254 g/mol. The minimum absolute atomic E-state index is 0.00269. The number of nitrogens with zero attached hydrogens (tertiary/aromatic N) is 1. The number of para-hydroxylation sites is 1. The summed E-state index contributed by atoms with van der Waals surface area (Å²) >= 11 is 0. The molecule has 1 unspecified atom stereocenters. The van der Waals surface area contributed by atoms with Gasteiger partial charge in [0.25, 0.3) is 0 Å². The Bertz CT molecular complexity index is 450. The Hall–Kier alpha value is -1.75. The average molecular weight is 277 g/mol. The Morgan fingerprint density at radius 2 is 2.25 bits per heavy atom. The van der Waals surface area contributed by atoms with Gasteiger partial charge < -0.3 is 20.3 Å². The fourth-order valence-corrected chi connectivity index (χ4v) is 2.38. The van der Waals surface area contributed by atoms with Crippen molar-refractivity contribution in [2.75, 3.05) is 32.8 Å². The molecule has 2 rings (SSSR count). The first-order valence-corrected chi connectivity index (χ1v) is 7.20. The van der Waals surface area contributed by atoms with E-state index in [4.69, 9.17) is 4.74 Å². The van der Waals surface area contributed by atoms with E-state index in [2.05, 4.69) is 30.5 Å². The molecule has 110 valence electrons. The lowest BCUT2D eigenvalue weighted by Crippen LogP contribution is -2.32. The highest BCUT2D eigenvalue weighted by Crippen LogP contribution is 2.24. The number of rotatable bonds is 7. The minimum atomic E-state index is 0.00269. The molecule has 2 N–H and O–H groups in total. The summed E-state index contributed by atoms with van der Waals surface area (Å²) in [7, 11) is 0. The van der Waals surface area contributed by atoms with Gasteiger partial charge >= 0.3 is 6.03 Å². The first kappa shape index (κ1) is 14.7. The highest BCUT2D eigenvalue weighted by Gasteiger charge is 2.19. The zero-order chi connectivity index (χ0) is 14.4. The number of urea groups is 1. The smallest absolute Gasteiger partial charge is 0.317 e. The summed E-state index contributed by atoms with van der Waals surface area (Å²) in [6.45, 7) is 7.76. The second-order valence-electron chi connectivity index (χ2n) is 4.88. The summed E-state index contributed by atoms with van der Waals surface area (Å²) in [4.78, 5) is 13.2. The van der Waals surface area contributed by atoms with Crippen LogP contribution in [0.1, 0.15) is 25.5 Å². The molecule has 1 aliphatic heterocycles. The Labute approximate surface area is 120 Å². The van der Waals surface area contributed by atoms with Gasteiger partial charge in [0.05, 0.1) is 6.54 Å². The van der Waals surface area contributed by atoms with Gasteiger partial charge in [-0.1, -0.05) is 25.1 Å². The highest BCUT2D eigenvalue weighted by atomic mass is 16.5. The molecule has 1 saturated heterocycles. The number of benzene rings is 1. The predicted molar refractivity (Wildman–Crippen MR) is 79.0 cm³/mol. The van der Waals surface area contributed by atoms with Gasteiger partial charge in [0, 0.05) is 24.7 Å². The lowest BCUT2D eigenvalue weighted by atomic mass is 10.1. The van der Waals surface area contributed by atoms with Crippen LogP contribution < -0.4 is 15.4 Å². The Morgan fingerprint density at radius 1 is 1.45 bits per heavy atom. The molecular formula is C15H23N3O2. The zero-order valence-corrected chi connectivity index (χ0v) is 12.2. The van der Waals surface area contributed by atoms with Crippen molar-refractivity contribution < 1.29 is 9.53 Å². The van der Waals surface area contributed by atoms with Crippen molar-refractivity contribution in [1.29, 1.82) is 0 Å². The van der Waals surface area contributed by atoms with Crippen LogP contribution >= 0.6 is 0 Å². The molecule has 1 aliphatic rings. The molecule has 0 aliphatic carbocycles. The Balaban J connectivity index is 1.90. The fraction of sp³-hybridized carbons (Fsp3) is 0.533. The maximum absolute atomic E-state index is 11.4. The predicted octanol–water partition coefficient (Wildman–Crippen LogP) is 1.76. The third kappa shape index (κ3) is 3.63. The number of carbonyl (C=O) groups is 1. The Kier molecular flexibility index (Phi) is 5.24. The van der Waals surface area contributed by atoms with Crippen LogP contribution in [0.25, 0.3) is 0 Å². The minimum Gasteiger partial charge on any atom is -0.491 e. The standard InChI is InChI=1S/C15H23N3O2/c1-3-16-12(2)13-6-4-5-7-14(13)20-11-10-18-9-8-17-15(18)19/h4-7,12,16H,3,8-11H2,1-2H3,(H,17,19). The molecule has 1 aromatic rings. The number of ether oxygens (including phenoxy) is 1. The molecule has 20 heavy (non-hydrogen) atoms. The molecule has 2 amide bonds. The monoisotopic (exact) mass is 277 g/mol. The maximum atomic E-state index is 11.4. The zero-order valence-electron chi connectivity index (χ0n) is 12.2. The summed E-state index contributed by atoms with van der Waals surface area (Å²) in [5.74, 6) is 0.889. The van der Waals surface area contributed by atoms with E-state index in [0.717, 1.165) is 30.9 Å². The second kappa shape index (κ2) is 7.14. The third-order valence-corrected chi connectivity index (χ3v) is 3.46. The molecule has 0 aromatic heterocycles. The van der Waals surface area contributed by atoms with Gasteiger partial charge in [-0.05, 0) is 19.5 Å². The molecule has 0 bridgehead atoms. The fourth-order valence-electron chi connectivity index (χ4n) is 2.38. The number of hydrogen-bond donors (Lipinski definition) is 2. The lowest BCUT2D eigenvalue weighted by Gasteiger charge is -2.19. The number of carbonyl (C=O) groups excluding carboxylic acids is 1. The molecule has 1 atom stereocenters. The van der Waals surface area contributed by atoms with Gasteiger partial charge in [-0.25, -0.2) is 4.79 Å². The van der Waals surface area contributed by atoms with Crippen LogP contribution in [-0.4, -0.2) is 43.7 Å². The van der Waals surface area contributed by atoms with Crippen LogP contribution in [0.4, 0.5) is 4.79 Å². The van der Waals surface area contributed by atoms with Crippen molar-refractivity contribution in [3.63, 3.8) is 0 Å². The molecule has 1 fully saturated rings. The largest absolute Gasteiger partial charge is 0.491 e. The summed E-state index contributed by atoms with van der Waals surface area (Å²) in [6.07, 6.45) is 0. The molecule has 0 radical (unpaired) electrons. The molecule has 5 nitrogen and oxygen atoms in total. The molecule has 1 aromatic carbocycles. The maximum Gasteiger partial charge on any atom is 0.317 e. The van der Waals surface area contributed by atoms with Crippen molar-refractivity contribution in [2.24, 2.45) is 0 Å². The van der Waals surface area contributed by atoms with Crippen molar-refractivity contribution in [3.05, 3.63) is 29.8 Å². The van der Waals surface area contributed by atoms with Gasteiger partial charge in [-0.3, -0.25) is 0 Å². The lowest BCUT2D eigenvalue weighted by molar-refractivity contribution is 0.202. The molecule has 1 heterocycles. The summed E-state index contributed by atoms with van der Waals surface area (Å²) in [5, 5.41) is 6.17. The number of hydrogen-bond acceptors (Lipinski definition) is 3. The van der Waals surface area contributed by atoms with Gasteiger partial charge in [0.1, 0.15) is 12.4 Å². The van der Waals surface area contributed by atoms with Crippen LogP contribution in [0.3, 0.4) is 0 Å². The van der Waals surface area contributed by atoms with Gasteiger partial charge in [-0.15, -0.1) is 0 Å². The first-order valence-electron chi connectivity index (χ1n) is 7.20. The number of amides is 2. The summed E-state index contributed by atoms with van der Waals surface area (Å²) < 4.78 is 5.85. The van der Waals surface area contributed by atoms with Crippen molar-refractivity contribution in [2.45, 2.75) is 19.9 Å². The van der Waals surface area contributed by atoms with Crippen molar-refractivity contribution in [3.8, 4) is 5.75 Å². The van der Waals surface area contributed by atoms with E-state index in [9.17, 15) is 4.79 Å². The van der Waals surface area contributed by atoms with E-state index in [1.165, 1.54) is 0 Å². The SMILES string of the molecule is CCNC(C)c1ccccc1OCCN1CCNC1=O. The van der Waals surface area contributed by atoms with E-state index in [0.29, 0.717) is 13.2 Å². The van der Waals surface area contributed by atoms with Crippen LogP contribution in [0.2, 0.25) is 0 Å². The molecule has 0 spiro atoms. The van der Waals surface area contributed by atoms with Gasteiger partial charge in [0.2, 0.25) is 0 Å². The van der Waals surface area contributed by atoms with Crippen LogP contribution in [0.5, 0.6) is 5.75 Å². The van der Waals surface area contributed by atoms with E-state index in [1.54, 1.807) is 4.90 Å². The van der Waals surface area contributed by atoms with Crippen molar-refractivity contribution in [1.82, 2.24) is 15.5 Å². The summed E-state index contributed by atoms with van der Waals surface area (Å²) in [5.41, 5.74) is 1.15. The quantitative estimate of drug-likeness (QED) is 0.798. The highest BCUT2D eigenvalue weighted by molar-refractivity contribution is 5.76. The van der Waals surface area contributed by atoms with Crippen LogP contribution in [0.15, 0.2) is 24.3 Å². The Morgan fingerprint density at radius 3 is 2.95 bits per heavy atom. The van der Waals surface area contributed by atoms with Crippen LogP contribution in [-0.2, 0) is 0 Å². The topological polar surface area (TPSA) is 53.6 Å². The van der Waals surface area contributed by atoms with Gasteiger partial charge in [0.15, 0.2) is 0 Å². The van der Waals surface area contributed by atoms with Crippen molar-refractivity contribution >= 4 is 6.03 Å². The average Bonchev–Trinajstić information content (AvgIpc) is 2.85. The third-order valence-electron chi connectivity index (χ3n) is 3.46. The second-order valence-corrected chi connectivity index (χ2v) is 4.88. The molecule has 5 heteroatoms. The summed E-state index contributed by atoms with van der Waals surface area (Å²) in [6, 6.07) is 8.30. The van der Waals surface area contributed by atoms with E-state index in [-0.39, 0.29) is 12.1 Å². The normalized spacial score (nSPS) is 16.1. The van der Waals surface area contributed by atoms with E-state index in [1.807, 2.05) is 18.2 Å². The van der Waals surface area contributed by atoms with Crippen LogP contribution in [0, 0.1) is 0 Å². The van der Waals surface area contributed by atoms with E-state index < -0.39 is 0 Å². The molecule has 0 saturated carbocycles. The van der Waals surface area contributed by atoms with E-state index >= 15 is 0 Å².